The monoisotopic (exact) mass is 476 g/mol. The number of hydrogen-bond acceptors (Lipinski definition) is 9. The molecule has 172 valence electrons. The summed E-state index contributed by atoms with van der Waals surface area (Å²) < 4.78 is 59.6. The maximum Gasteiger partial charge on any atom is 0.339 e. The maximum absolute atomic E-state index is 13.2. The molecule has 1 unspecified atom stereocenters. The number of sulfone groups is 1. The number of carbonyl (C=O) groups is 3. The molecule has 0 radical (unpaired) electrons. The molecule has 1 aromatic carbocycles. The molecule has 1 N–H and O–H groups in total. The minimum absolute atomic E-state index is 0.0451. The van der Waals surface area contributed by atoms with Crippen molar-refractivity contribution in [2.45, 2.75) is 24.3 Å². The number of likely N-dealkylation sites (N-methyl/N-ethyl adjacent to an activating group) is 1. The number of esters is 2. The average molecular weight is 477 g/mol. The van der Waals surface area contributed by atoms with Gasteiger partial charge in [-0.25, -0.2) is 26.4 Å². The first-order chi connectivity index (χ1) is 14.4. The van der Waals surface area contributed by atoms with Crippen LogP contribution in [0.15, 0.2) is 23.1 Å². The van der Waals surface area contributed by atoms with E-state index in [4.69, 9.17) is 0 Å². The molecule has 1 saturated heterocycles. The second kappa shape index (κ2) is 9.75. The number of rotatable bonds is 8. The number of sulfonamides is 1. The van der Waals surface area contributed by atoms with E-state index in [2.05, 4.69) is 14.8 Å². The van der Waals surface area contributed by atoms with Crippen LogP contribution in [0.3, 0.4) is 0 Å². The van der Waals surface area contributed by atoms with Gasteiger partial charge in [-0.05, 0) is 24.6 Å². The van der Waals surface area contributed by atoms with Gasteiger partial charge in [0.15, 0.2) is 9.84 Å². The number of carbonyl (C=O) groups excluding carboxylic acids is 3. The SMILES string of the molecule is CCN(CC(=O)NC1CCS(=O)(=O)C1)S(=O)(=O)c1cc(C(=O)OC)ccc1C(=O)OC. The zero-order valence-corrected chi connectivity index (χ0v) is 18.9. The minimum atomic E-state index is -4.41. The van der Waals surface area contributed by atoms with Crippen LogP contribution in [-0.4, -0.2) is 83.8 Å². The van der Waals surface area contributed by atoms with Crippen LogP contribution >= 0.6 is 0 Å². The van der Waals surface area contributed by atoms with Gasteiger partial charge in [-0.15, -0.1) is 0 Å². The Kier molecular flexibility index (Phi) is 7.78. The van der Waals surface area contributed by atoms with Crippen molar-refractivity contribution < 1.29 is 40.7 Å². The second-order valence-electron chi connectivity index (χ2n) is 6.79. The van der Waals surface area contributed by atoms with E-state index in [1.165, 1.54) is 13.0 Å². The predicted octanol–water partition coefficient (Wildman–Crippen LogP) is -0.426. The molecule has 1 fully saturated rings. The smallest absolute Gasteiger partial charge is 0.339 e. The van der Waals surface area contributed by atoms with Crippen molar-refractivity contribution in [2.75, 3.05) is 38.8 Å². The molecule has 1 aliphatic rings. The fourth-order valence-electron chi connectivity index (χ4n) is 3.11. The molecule has 1 amide bonds. The summed E-state index contributed by atoms with van der Waals surface area (Å²) in [6, 6.07) is 2.74. The van der Waals surface area contributed by atoms with Gasteiger partial charge < -0.3 is 14.8 Å². The molecule has 11 nitrogen and oxygen atoms in total. The fourth-order valence-corrected chi connectivity index (χ4v) is 6.39. The quantitative estimate of drug-likeness (QED) is 0.493. The Morgan fingerprint density at radius 2 is 1.81 bits per heavy atom. The molecule has 0 bridgehead atoms. The highest BCUT2D eigenvalue weighted by Gasteiger charge is 2.33. The van der Waals surface area contributed by atoms with Crippen molar-refractivity contribution in [1.29, 1.82) is 0 Å². The lowest BCUT2D eigenvalue weighted by Crippen LogP contribution is -2.44. The van der Waals surface area contributed by atoms with Crippen molar-refractivity contribution >= 4 is 37.7 Å². The Morgan fingerprint density at radius 1 is 1.16 bits per heavy atom. The largest absolute Gasteiger partial charge is 0.465 e. The van der Waals surface area contributed by atoms with Gasteiger partial charge in [0.25, 0.3) is 0 Å². The van der Waals surface area contributed by atoms with Crippen LogP contribution in [0.25, 0.3) is 0 Å². The number of ether oxygens (including phenoxy) is 2. The molecule has 1 atom stereocenters. The van der Waals surface area contributed by atoms with Gasteiger partial charge in [-0.1, -0.05) is 6.92 Å². The summed E-state index contributed by atoms with van der Waals surface area (Å²) in [6.07, 6.45) is 0.251. The van der Waals surface area contributed by atoms with Gasteiger partial charge in [0.1, 0.15) is 0 Å². The molecule has 0 saturated carbocycles. The van der Waals surface area contributed by atoms with E-state index < -0.39 is 55.2 Å². The van der Waals surface area contributed by atoms with Crippen LogP contribution < -0.4 is 5.32 Å². The summed E-state index contributed by atoms with van der Waals surface area (Å²) >= 11 is 0. The molecule has 1 aromatic rings. The molecule has 1 aliphatic heterocycles. The Hall–Kier alpha value is -2.51. The summed E-state index contributed by atoms with van der Waals surface area (Å²) in [5.41, 5.74) is -0.415. The third-order valence-corrected chi connectivity index (χ3v) is 8.42. The first kappa shape index (κ1) is 24.8. The standard InChI is InChI=1S/C18H24N2O9S2/c1-4-20(10-16(21)19-13-7-8-30(24,25)11-13)31(26,27)15-9-12(17(22)28-2)5-6-14(15)18(23)29-3/h5-6,9,13H,4,7-8,10-11H2,1-3H3,(H,19,21). The summed E-state index contributed by atoms with van der Waals surface area (Å²) in [5.74, 6) is -2.68. The van der Waals surface area contributed by atoms with E-state index in [0.717, 1.165) is 30.7 Å². The Morgan fingerprint density at radius 3 is 2.32 bits per heavy atom. The van der Waals surface area contributed by atoms with Crippen molar-refractivity contribution in [3.63, 3.8) is 0 Å². The van der Waals surface area contributed by atoms with Crippen LogP contribution in [-0.2, 0) is 34.1 Å². The average Bonchev–Trinajstić information content (AvgIpc) is 3.07. The maximum atomic E-state index is 13.2. The first-order valence-corrected chi connectivity index (χ1v) is 12.5. The Balaban J connectivity index is 2.34. The van der Waals surface area contributed by atoms with Gasteiger partial charge in [-0.2, -0.15) is 4.31 Å². The van der Waals surface area contributed by atoms with Crippen molar-refractivity contribution in [3.05, 3.63) is 29.3 Å². The number of hydrogen-bond donors (Lipinski definition) is 1. The summed E-state index contributed by atoms with van der Waals surface area (Å²) in [7, 11) is -5.43. The summed E-state index contributed by atoms with van der Waals surface area (Å²) in [5, 5.41) is 2.52. The highest BCUT2D eigenvalue weighted by atomic mass is 32.2. The molecule has 13 heteroatoms. The molecule has 0 aliphatic carbocycles. The van der Waals surface area contributed by atoms with E-state index in [0.29, 0.717) is 0 Å². The van der Waals surface area contributed by atoms with Crippen molar-refractivity contribution in [3.8, 4) is 0 Å². The Bertz CT molecular complexity index is 1080. The van der Waals surface area contributed by atoms with E-state index in [1.807, 2.05) is 0 Å². The fraction of sp³-hybridized carbons (Fsp3) is 0.500. The number of nitrogens with one attached hydrogen (secondary N) is 1. The van der Waals surface area contributed by atoms with Gasteiger partial charge in [0.2, 0.25) is 15.9 Å². The third-order valence-electron chi connectivity index (χ3n) is 4.70. The number of benzene rings is 1. The van der Waals surface area contributed by atoms with E-state index in [9.17, 15) is 31.2 Å². The van der Waals surface area contributed by atoms with E-state index in [-0.39, 0.29) is 35.6 Å². The zero-order chi connectivity index (χ0) is 23.4. The van der Waals surface area contributed by atoms with E-state index >= 15 is 0 Å². The minimum Gasteiger partial charge on any atom is -0.465 e. The van der Waals surface area contributed by atoms with Crippen LogP contribution in [0, 0.1) is 0 Å². The molecular formula is C18H24N2O9S2. The first-order valence-electron chi connectivity index (χ1n) is 9.25. The second-order valence-corrected chi connectivity index (χ2v) is 10.9. The summed E-state index contributed by atoms with van der Waals surface area (Å²) in [6.45, 7) is 0.771. The lowest BCUT2D eigenvalue weighted by atomic mass is 10.1. The molecule has 31 heavy (non-hydrogen) atoms. The van der Waals surface area contributed by atoms with Gasteiger partial charge in [0.05, 0.1) is 48.3 Å². The number of methoxy groups -OCH3 is 2. The number of amides is 1. The normalized spacial score (nSPS) is 17.9. The van der Waals surface area contributed by atoms with Gasteiger partial charge in [-0.3, -0.25) is 4.79 Å². The molecular weight excluding hydrogens is 452 g/mol. The van der Waals surface area contributed by atoms with Crippen molar-refractivity contribution in [2.24, 2.45) is 0 Å². The van der Waals surface area contributed by atoms with Crippen molar-refractivity contribution in [1.82, 2.24) is 9.62 Å². The van der Waals surface area contributed by atoms with E-state index in [1.54, 1.807) is 0 Å². The highest BCUT2D eigenvalue weighted by molar-refractivity contribution is 7.91. The lowest BCUT2D eigenvalue weighted by molar-refractivity contribution is -0.121. The van der Waals surface area contributed by atoms with Crippen LogP contribution in [0.1, 0.15) is 34.1 Å². The summed E-state index contributed by atoms with van der Waals surface area (Å²) in [4.78, 5) is 35.8. The molecule has 0 aromatic heterocycles. The van der Waals surface area contributed by atoms with Gasteiger partial charge in [0, 0.05) is 12.6 Å². The van der Waals surface area contributed by atoms with Crippen LogP contribution in [0.2, 0.25) is 0 Å². The Labute approximate surface area is 180 Å². The van der Waals surface area contributed by atoms with Crippen LogP contribution in [0.5, 0.6) is 0 Å². The van der Waals surface area contributed by atoms with Gasteiger partial charge >= 0.3 is 11.9 Å². The molecule has 2 rings (SSSR count). The predicted molar refractivity (Wildman–Crippen MR) is 109 cm³/mol. The number of nitrogens with zero attached hydrogens (tertiary/aromatic N) is 1. The topological polar surface area (TPSA) is 153 Å². The molecule has 0 spiro atoms. The zero-order valence-electron chi connectivity index (χ0n) is 17.3. The lowest BCUT2D eigenvalue weighted by Gasteiger charge is -2.22. The van der Waals surface area contributed by atoms with Crippen LogP contribution in [0.4, 0.5) is 0 Å². The third kappa shape index (κ3) is 5.80. The molecule has 1 heterocycles. The highest BCUT2D eigenvalue weighted by Crippen LogP contribution is 2.23.